The normalized spacial score (nSPS) is 14.0. The van der Waals surface area contributed by atoms with Gasteiger partial charge in [0.1, 0.15) is 11.5 Å². The highest BCUT2D eigenvalue weighted by atomic mass is 16.5. The molecule has 4 heteroatoms. The minimum atomic E-state index is -0.423. The van der Waals surface area contributed by atoms with Gasteiger partial charge in [-0.3, -0.25) is 9.59 Å². The topological polar surface area (TPSA) is 52.6 Å². The van der Waals surface area contributed by atoms with E-state index in [0.717, 1.165) is 16.7 Å². The number of rotatable bonds is 3. The number of ether oxygens (including phenoxy) is 2. The Morgan fingerprint density at radius 3 is 2.33 bits per heavy atom. The number of carbonyl (C=O) groups is 2. The van der Waals surface area contributed by atoms with Gasteiger partial charge in [0.05, 0.1) is 5.56 Å². The maximum absolute atomic E-state index is 12.5. The van der Waals surface area contributed by atoms with Crippen LogP contribution in [0.25, 0.3) is 17.2 Å². The van der Waals surface area contributed by atoms with Crippen molar-refractivity contribution in [2.75, 3.05) is 0 Å². The quantitative estimate of drug-likeness (QED) is 0.381. The highest BCUT2D eigenvalue weighted by Gasteiger charge is 2.27. The fourth-order valence-corrected chi connectivity index (χ4v) is 2.95. The molecule has 0 bridgehead atoms. The number of fused-ring (bicyclic) bond motifs is 1. The van der Waals surface area contributed by atoms with Gasteiger partial charge in [0.25, 0.3) is 0 Å². The van der Waals surface area contributed by atoms with Crippen LogP contribution < -0.4 is 9.47 Å². The van der Waals surface area contributed by atoms with Crippen LogP contribution in [0.4, 0.5) is 0 Å². The minimum Gasteiger partial charge on any atom is -0.452 e. The van der Waals surface area contributed by atoms with Crippen molar-refractivity contribution in [3.63, 3.8) is 0 Å². The predicted octanol–water partition coefficient (Wildman–Crippen LogP) is 4.90. The van der Waals surface area contributed by atoms with E-state index >= 15 is 0 Å². The molecule has 4 rings (SSSR count). The molecule has 0 radical (unpaired) electrons. The van der Waals surface area contributed by atoms with Gasteiger partial charge >= 0.3 is 5.97 Å². The predicted molar refractivity (Wildman–Crippen MR) is 103 cm³/mol. The Morgan fingerprint density at radius 1 is 0.926 bits per heavy atom. The number of ketones is 1. The molecule has 132 valence electrons. The van der Waals surface area contributed by atoms with Crippen molar-refractivity contribution in [3.8, 4) is 22.6 Å². The summed E-state index contributed by atoms with van der Waals surface area (Å²) in [5.74, 6) is 0.380. The van der Waals surface area contributed by atoms with Crippen LogP contribution >= 0.6 is 0 Å². The Morgan fingerprint density at radius 2 is 1.63 bits per heavy atom. The van der Waals surface area contributed by atoms with Crippen LogP contribution in [0.1, 0.15) is 22.8 Å². The minimum absolute atomic E-state index is 0.188. The molecule has 0 fully saturated rings. The summed E-state index contributed by atoms with van der Waals surface area (Å²) in [6, 6.07) is 22.7. The Hall–Kier alpha value is -3.66. The maximum atomic E-state index is 12.5. The standard InChI is InChI=1S/C23H16O4/c1-15(24)26-19-11-12-20-21(14-19)27-22(23(20)25)13-16-7-9-18(10-8-16)17-5-3-2-4-6-17/h2-14H,1H3. The summed E-state index contributed by atoms with van der Waals surface area (Å²) in [7, 11) is 0. The lowest BCUT2D eigenvalue weighted by molar-refractivity contribution is -0.131. The zero-order chi connectivity index (χ0) is 18.8. The third-order valence-corrected chi connectivity index (χ3v) is 4.22. The first kappa shape index (κ1) is 16.8. The number of esters is 1. The van der Waals surface area contributed by atoms with Gasteiger partial charge in [0.15, 0.2) is 5.76 Å². The van der Waals surface area contributed by atoms with Crippen LogP contribution in [0, 0.1) is 0 Å². The van der Waals surface area contributed by atoms with E-state index in [1.807, 2.05) is 42.5 Å². The molecule has 0 saturated heterocycles. The molecule has 0 aromatic heterocycles. The molecule has 3 aromatic carbocycles. The molecule has 0 atom stereocenters. The van der Waals surface area contributed by atoms with Crippen molar-refractivity contribution in [3.05, 3.63) is 89.7 Å². The van der Waals surface area contributed by atoms with Crippen LogP contribution in [0.2, 0.25) is 0 Å². The van der Waals surface area contributed by atoms with E-state index < -0.39 is 5.97 Å². The summed E-state index contributed by atoms with van der Waals surface area (Å²) >= 11 is 0. The molecular formula is C23H16O4. The second kappa shape index (κ2) is 6.92. The van der Waals surface area contributed by atoms with Gasteiger partial charge in [-0.05, 0) is 34.9 Å². The lowest BCUT2D eigenvalue weighted by Gasteiger charge is -2.03. The van der Waals surface area contributed by atoms with E-state index in [1.165, 1.54) is 6.92 Å². The van der Waals surface area contributed by atoms with Crippen LogP contribution in [0.3, 0.4) is 0 Å². The number of hydrogen-bond acceptors (Lipinski definition) is 4. The first-order valence-electron chi connectivity index (χ1n) is 8.52. The second-order valence-corrected chi connectivity index (χ2v) is 6.18. The number of allylic oxidation sites excluding steroid dienone is 1. The van der Waals surface area contributed by atoms with E-state index in [4.69, 9.17) is 9.47 Å². The Bertz CT molecular complexity index is 1050. The molecule has 0 amide bonds. The van der Waals surface area contributed by atoms with Gasteiger partial charge < -0.3 is 9.47 Å². The van der Waals surface area contributed by atoms with Crippen molar-refractivity contribution in [1.29, 1.82) is 0 Å². The van der Waals surface area contributed by atoms with E-state index in [1.54, 1.807) is 24.3 Å². The maximum Gasteiger partial charge on any atom is 0.308 e. The molecule has 0 aliphatic carbocycles. The molecular weight excluding hydrogens is 340 g/mol. The first-order chi connectivity index (χ1) is 13.1. The monoisotopic (exact) mass is 356 g/mol. The summed E-state index contributed by atoms with van der Waals surface area (Å²) in [4.78, 5) is 23.6. The number of carbonyl (C=O) groups excluding carboxylic acids is 2. The van der Waals surface area contributed by atoms with Crippen molar-refractivity contribution < 1.29 is 19.1 Å². The van der Waals surface area contributed by atoms with Crippen molar-refractivity contribution in [1.82, 2.24) is 0 Å². The molecule has 3 aromatic rings. The van der Waals surface area contributed by atoms with E-state index in [2.05, 4.69) is 12.1 Å². The van der Waals surface area contributed by atoms with Crippen LogP contribution in [0.5, 0.6) is 11.5 Å². The zero-order valence-electron chi connectivity index (χ0n) is 14.6. The molecule has 1 aliphatic rings. The van der Waals surface area contributed by atoms with Gasteiger partial charge in [0, 0.05) is 13.0 Å². The van der Waals surface area contributed by atoms with Gasteiger partial charge in [-0.1, -0.05) is 54.6 Å². The second-order valence-electron chi connectivity index (χ2n) is 6.18. The average Bonchev–Trinajstić information content (AvgIpc) is 2.97. The lowest BCUT2D eigenvalue weighted by Crippen LogP contribution is -2.01. The smallest absolute Gasteiger partial charge is 0.308 e. The molecule has 0 spiro atoms. The fourth-order valence-electron chi connectivity index (χ4n) is 2.95. The van der Waals surface area contributed by atoms with Gasteiger partial charge in [0.2, 0.25) is 5.78 Å². The van der Waals surface area contributed by atoms with Crippen molar-refractivity contribution >= 4 is 17.8 Å². The van der Waals surface area contributed by atoms with E-state index in [-0.39, 0.29) is 11.5 Å². The fraction of sp³-hybridized carbons (Fsp3) is 0.0435. The number of Topliss-reactive ketones (excluding diaryl/α,β-unsaturated/α-hetero) is 1. The van der Waals surface area contributed by atoms with Crippen LogP contribution in [-0.4, -0.2) is 11.8 Å². The molecule has 0 saturated carbocycles. The SMILES string of the molecule is CC(=O)Oc1ccc2c(c1)OC(=Cc1ccc(-c3ccccc3)cc1)C2=O. The van der Waals surface area contributed by atoms with Crippen molar-refractivity contribution in [2.24, 2.45) is 0 Å². The first-order valence-corrected chi connectivity index (χ1v) is 8.52. The molecule has 1 aliphatic heterocycles. The molecule has 1 heterocycles. The molecule has 0 N–H and O–H groups in total. The average molecular weight is 356 g/mol. The summed E-state index contributed by atoms with van der Waals surface area (Å²) in [6.45, 7) is 1.32. The summed E-state index contributed by atoms with van der Waals surface area (Å²) in [5.41, 5.74) is 3.56. The summed E-state index contributed by atoms with van der Waals surface area (Å²) < 4.78 is 10.7. The highest BCUT2D eigenvalue weighted by Crippen LogP contribution is 2.35. The third-order valence-electron chi connectivity index (χ3n) is 4.22. The Labute approximate surface area is 156 Å². The largest absolute Gasteiger partial charge is 0.452 e. The molecule has 4 nitrogen and oxygen atoms in total. The molecule has 27 heavy (non-hydrogen) atoms. The Kier molecular flexibility index (Phi) is 4.30. The van der Waals surface area contributed by atoms with Gasteiger partial charge in [-0.2, -0.15) is 0 Å². The number of benzene rings is 3. The van der Waals surface area contributed by atoms with Gasteiger partial charge in [-0.15, -0.1) is 0 Å². The summed E-state index contributed by atoms with van der Waals surface area (Å²) in [5, 5.41) is 0. The Balaban J connectivity index is 1.57. The van der Waals surface area contributed by atoms with Crippen molar-refractivity contribution in [2.45, 2.75) is 6.92 Å². The summed E-state index contributed by atoms with van der Waals surface area (Å²) in [6.07, 6.45) is 1.71. The van der Waals surface area contributed by atoms with Crippen LogP contribution in [0.15, 0.2) is 78.6 Å². The number of hydrogen-bond donors (Lipinski definition) is 0. The van der Waals surface area contributed by atoms with E-state index in [0.29, 0.717) is 17.1 Å². The van der Waals surface area contributed by atoms with E-state index in [9.17, 15) is 9.59 Å². The lowest BCUT2D eigenvalue weighted by atomic mass is 10.0. The molecule has 0 unspecified atom stereocenters. The third kappa shape index (κ3) is 3.51. The van der Waals surface area contributed by atoms with Gasteiger partial charge in [-0.25, -0.2) is 0 Å². The zero-order valence-corrected chi connectivity index (χ0v) is 14.6. The highest BCUT2D eigenvalue weighted by molar-refractivity contribution is 6.14. The van der Waals surface area contributed by atoms with Crippen LogP contribution in [-0.2, 0) is 4.79 Å².